The van der Waals surface area contributed by atoms with Crippen LogP contribution in [0, 0.1) is 0 Å². The summed E-state index contributed by atoms with van der Waals surface area (Å²) in [5.74, 6) is -0.269. The summed E-state index contributed by atoms with van der Waals surface area (Å²) in [6, 6.07) is 4.20. The Bertz CT molecular complexity index is 1140. The van der Waals surface area contributed by atoms with Crippen LogP contribution in [-0.2, 0) is 25.0 Å². The summed E-state index contributed by atoms with van der Waals surface area (Å²) in [5.41, 5.74) is -2.09. The topological polar surface area (TPSA) is 85.8 Å². The number of aliphatic imine (C=N–C) groups is 1. The number of alkyl halides is 3. The first-order valence-electron chi connectivity index (χ1n) is 7.90. The maximum Gasteiger partial charge on any atom is 0.416 e. The molecule has 28 heavy (non-hydrogen) atoms. The van der Waals surface area contributed by atoms with Crippen molar-refractivity contribution in [2.75, 3.05) is 0 Å². The third-order valence-corrected chi connectivity index (χ3v) is 4.00. The Morgan fingerprint density at radius 3 is 2.32 bits per heavy atom. The van der Waals surface area contributed by atoms with Gasteiger partial charge in [-0.15, -0.1) is 0 Å². The molecule has 1 aromatic carbocycles. The minimum atomic E-state index is -4.44. The molecule has 0 unspecified atom stereocenters. The number of benzene rings is 1. The van der Waals surface area contributed by atoms with Gasteiger partial charge in [-0.1, -0.05) is 0 Å². The Morgan fingerprint density at radius 1 is 1.07 bits per heavy atom. The third-order valence-electron chi connectivity index (χ3n) is 4.00. The molecular formula is C18H14F3N3O4. The zero-order chi connectivity index (χ0) is 20.6. The molecule has 0 atom stereocenters. The third kappa shape index (κ3) is 3.61. The molecule has 1 aliphatic heterocycles. The van der Waals surface area contributed by atoms with E-state index in [1.165, 1.54) is 44.5 Å². The van der Waals surface area contributed by atoms with E-state index in [-0.39, 0.29) is 22.9 Å². The summed E-state index contributed by atoms with van der Waals surface area (Å²) in [7, 11) is 2.58. The largest absolute Gasteiger partial charge is 0.494 e. The standard InChI is InChI=1S/C18H14F3N3O4/c1-23-15(25)13(16(26)24(2)17(23)27)9-12-7-8-14(28-12)22-11-5-3-10(4-6-11)18(19,20)21/h3-9,25H,1-2H3. The number of aromatic hydroxyl groups is 1. The van der Waals surface area contributed by atoms with Gasteiger partial charge in [-0.25, -0.2) is 9.79 Å². The normalized spacial score (nSPS) is 16.8. The zero-order valence-corrected chi connectivity index (χ0v) is 14.7. The van der Waals surface area contributed by atoms with Crippen molar-refractivity contribution in [3.8, 4) is 5.88 Å². The van der Waals surface area contributed by atoms with E-state index in [2.05, 4.69) is 4.99 Å². The van der Waals surface area contributed by atoms with Gasteiger partial charge in [0.25, 0.3) is 5.56 Å². The average Bonchev–Trinajstić information content (AvgIpc) is 3.09. The molecule has 0 saturated carbocycles. The highest BCUT2D eigenvalue weighted by atomic mass is 19.4. The van der Waals surface area contributed by atoms with Gasteiger partial charge in [0.15, 0.2) is 0 Å². The van der Waals surface area contributed by atoms with Crippen molar-refractivity contribution in [2.45, 2.75) is 6.18 Å². The molecule has 7 nitrogen and oxygen atoms in total. The second kappa shape index (κ2) is 6.87. The summed E-state index contributed by atoms with van der Waals surface area (Å²) in [4.78, 5) is 28.0. The highest BCUT2D eigenvalue weighted by Gasteiger charge is 2.30. The van der Waals surface area contributed by atoms with E-state index in [0.29, 0.717) is 0 Å². The molecule has 1 N–H and O–H groups in total. The van der Waals surface area contributed by atoms with Gasteiger partial charge in [0.1, 0.15) is 11.3 Å². The van der Waals surface area contributed by atoms with Crippen LogP contribution in [0.2, 0.25) is 0 Å². The molecule has 2 heterocycles. The Morgan fingerprint density at radius 2 is 1.71 bits per heavy atom. The van der Waals surface area contributed by atoms with Gasteiger partial charge in [0, 0.05) is 20.2 Å². The van der Waals surface area contributed by atoms with Gasteiger partial charge in [0.2, 0.25) is 11.8 Å². The lowest BCUT2D eigenvalue weighted by Crippen LogP contribution is -2.38. The van der Waals surface area contributed by atoms with E-state index in [4.69, 9.17) is 4.74 Å². The maximum atomic E-state index is 12.6. The lowest BCUT2D eigenvalue weighted by Gasteiger charge is -2.08. The van der Waals surface area contributed by atoms with Crippen molar-refractivity contribution in [3.05, 3.63) is 74.1 Å². The second-order valence-corrected chi connectivity index (χ2v) is 5.92. The Hall–Kier alpha value is -3.56. The van der Waals surface area contributed by atoms with E-state index < -0.39 is 28.9 Å². The predicted molar refractivity (Wildman–Crippen MR) is 95.3 cm³/mol. The second-order valence-electron chi connectivity index (χ2n) is 5.92. The summed E-state index contributed by atoms with van der Waals surface area (Å²) in [6.07, 6.45) is -0.280. The van der Waals surface area contributed by atoms with Crippen LogP contribution < -0.4 is 11.2 Å². The molecule has 1 aliphatic rings. The number of aromatic nitrogens is 2. The van der Waals surface area contributed by atoms with Crippen LogP contribution in [0.1, 0.15) is 11.1 Å². The fraction of sp³-hybridized carbons (Fsp3) is 0.167. The van der Waals surface area contributed by atoms with Crippen LogP contribution in [0.25, 0.3) is 6.08 Å². The number of rotatable bonds is 2. The quantitative estimate of drug-likeness (QED) is 0.850. The van der Waals surface area contributed by atoms with Crippen molar-refractivity contribution in [1.82, 2.24) is 9.13 Å². The fourth-order valence-electron chi connectivity index (χ4n) is 2.46. The predicted octanol–water partition coefficient (Wildman–Crippen LogP) is 2.47. The maximum absolute atomic E-state index is 12.6. The number of hydrogen-bond donors (Lipinski definition) is 1. The van der Waals surface area contributed by atoms with Crippen molar-refractivity contribution in [1.29, 1.82) is 0 Å². The lowest BCUT2D eigenvalue weighted by atomic mass is 10.2. The van der Waals surface area contributed by atoms with Crippen molar-refractivity contribution < 1.29 is 23.0 Å². The van der Waals surface area contributed by atoms with Gasteiger partial charge >= 0.3 is 11.9 Å². The summed E-state index contributed by atoms with van der Waals surface area (Å²) in [5, 5.41) is 10.0. The van der Waals surface area contributed by atoms with Gasteiger partial charge in [-0.3, -0.25) is 13.9 Å². The average molecular weight is 393 g/mol. The van der Waals surface area contributed by atoms with Crippen molar-refractivity contribution in [3.63, 3.8) is 0 Å². The Kier molecular flexibility index (Phi) is 4.72. The molecule has 0 radical (unpaired) electrons. The molecule has 1 aromatic heterocycles. The van der Waals surface area contributed by atoms with Crippen LogP contribution >= 0.6 is 0 Å². The van der Waals surface area contributed by atoms with Gasteiger partial charge in [0.05, 0.1) is 11.3 Å². The van der Waals surface area contributed by atoms with E-state index in [9.17, 15) is 27.9 Å². The number of allylic oxidation sites excluding steroid dienone is 1. The van der Waals surface area contributed by atoms with Crippen LogP contribution in [-0.4, -0.2) is 20.1 Å². The molecule has 2 aromatic rings. The van der Waals surface area contributed by atoms with Crippen LogP contribution in [0.5, 0.6) is 5.88 Å². The molecule has 10 heteroatoms. The number of nitrogens with zero attached hydrogens (tertiary/aromatic N) is 3. The minimum absolute atomic E-state index is 0.0899. The van der Waals surface area contributed by atoms with E-state index >= 15 is 0 Å². The summed E-state index contributed by atoms with van der Waals surface area (Å²) in [6.45, 7) is 0. The van der Waals surface area contributed by atoms with Gasteiger partial charge in [-0.05, 0) is 36.4 Å². The van der Waals surface area contributed by atoms with E-state index in [1.807, 2.05) is 0 Å². The van der Waals surface area contributed by atoms with Crippen LogP contribution in [0.15, 0.2) is 56.8 Å². The molecule has 3 rings (SSSR count). The molecule has 0 spiro atoms. The molecule has 146 valence electrons. The fourth-order valence-corrected chi connectivity index (χ4v) is 2.46. The smallest absolute Gasteiger partial charge is 0.416 e. The summed E-state index contributed by atoms with van der Waals surface area (Å²) < 4.78 is 44.9. The monoisotopic (exact) mass is 393 g/mol. The first kappa shape index (κ1) is 19.2. The van der Waals surface area contributed by atoms with Crippen molar-refractivity contribution in [2.24, 2.45) is 19.1 Å². The first-order chi connectivity index (χ1) is 13.1. The SMILES string of the molecule is Cn1c(O)c(C=C2C=CC(=Nc3ccc(C(F)(F)F)cc3)O2)c(=O)n(C)c1=O. The highest BCUT2D eigenvalue weighted by molar-refractivity contribution is 5.94. The lowest BCUT2D eigenvalue weighted by molar-refractivity contribution is -0.137. The van der Waals surface area contributed by atoms with Crippen LogP contribution in [0.4, 0.5) is 18.9 Å². The molecule has 0 aliphatic carbocycles. The zero-order valence-electron chi connectivity index (χ0n) is 14.7. The van der Waals surface area contributed by atoms with Crippen molar-refractivity contribution >= 4 is 17.7 Å². The van der Waals surface area contributed by atoms with E-state index in [0.717, 1.165) is 21.3 Å². The molecule has 0 amide bonds. The molecular weight excluding hydrogens is 379 g/mol. The molecule has 0 fully saturated rings. The molecule has 0 bridgehead atoms. The highest BCUT2D eigenvalue weighted by Crippen LogP contribution is 2.30. The summed E-state index contributed by atoms with van der Waals surface area (Å²) >= 11 is 0. The Labute approximate surface area is 156 Å². The molecule has 0 saturated heterocycles. The van der Waals surface area contributed by atoms with E-state index in [1.54, 1.807) is 0 Å². The first-order valence-corrected chi connectivity index (χ1v) is 7.90. The number of halogens is 3. The van der Waals surface area contributed by atoms with Crippen LogP contribution in [0.3, 0.4) is 0 Å². The minimum Gasteiger partial charge on any atom is -0.494 e. The van der Waals surface area contributed by atoms with Gasteiger partial charge in [-0.2, -0.15) is 13.2 Å². The van der Waals surface area contributed by atoms with Gasteiger partial charge < -0.3 is 9.84 Å². The number of hydrogen-bond acceptors (Lipinski definition) is 5. The number of ether oxygens (including phenoxy) is 1. The Balaban J connectivity index is 1.87.